The molecule has 0 bridgehead atoms. The third-order valence-corrected chi connectivity index (χ3v) is 3.23. The molecule has 1 aliphatic rings. The van der Waals surface area contributed by atoms with E-state index >= 15 is 0 Å². The van der Waals surface area contributed by atoms with Crippen LogP contribution in [0.3, 0.4) is 0 Å². The van der Waals surface area contributed by atoms with Gasteiger partial charge in [-0.1, -0.05) is 6.07 Å². The smallest absolute Gasteiger partial charge is 0.123 e. The van der Waals surface area contributed by atoms with Gasteiger partial charge in [-0.2, -0.15) is 0 Å². The van der Waals surface area contributed by atoms with Crippen LogP contribution in [0.25, 0.3) is 0 Å². The monoisotopic (exact) mass is 235 g/mol. The molecule has 0 heterocycles. The van der Waals surface area contributed by atoms with Crippen LogP contribution in [0, 0.1) is 5.92 Å². The highest BCUT2D eigenvalue weighted by atomic mass is 16.5. The minimum absolute atomic E-state index is 0.0866. The van der Waals surface area contributed by atoms with E-state index in [1.807, 2.05) is 18.2 Å². The number of benzene rings is 1. The topological polar surface area (TPSA) is 32.7 Å². The van der Waals surface area contributed by atoms with Gasteiger partial charge in [-0.05, 0) is 43.5 Å². The largest absolute Gasteiger partial charge is 0.496 e. The Hall–Kier alpha value is -1.06. The maximum Gasteiger partial charge on any atom is 0.123 e. The van der Waals surface area contributed by atoms with E-state index in [9.17, 15) is 0 Å². The highest BCUT2D eigenvalue weighted by molar-refractivity contribution is 5.37. The van der Waals surface area contributed by atoms with Crippen molar-refractivity contribution in [2.75, 3.05) is 20.7 Å². The second-order valence-electron chi connectivity index (χ2n) is 4.94. The van der Waals surface area contributed by atoms with Crippen molar-refractivity contribution in [1.82, 2.24) is 4.90 Å². The molecule has 3 nitrogen and oxygen atoms in total. The van der Waals surface area contributed by atoms with E-state index in [4.69, 9.17) is 9.84 Å². The molecule has 0 radical (unpaired) electrons. The molecule has 1 aliphatic carbocycles. The lowest BCUT2D eigenvalue weighted by molar-refractivity contribution is 0.280. The molecule has 0 aromatic heterocycles. The van der Waals surface area contributed by atoms with Gasteiger partial charge in [-0.25, -0.2) is 0 Å². The Labute approximate surface area is 103 Å². The zero-order chi connectivity index (χ0) is 12.3. The Bertz CT molecular complexity index is 374. The number of ether oxygens (including phenoxy) is 1. The van der Waals surface area contributed by atoms with Crippen LogP contribution >= 0.6 is 0 Å². The third kappa shape index (κ3) is 3.45. The van der Waals surface area contributed by atoms with E-state index in [2.05, 4.69) is 11.9 Å². The Balaban J connectivity index is 2.05. The molecule has 0 saturated heterocycles. The summed E-state index contributed by atoms with van der Waals surface area (Å²) in [6, 6.07) is 5.87. The molecule has 0 atom stereocenters. The van der Waals surface area contributed by atoms with E-state index in [-0.39, 0.29) is 6.61 Å². The highest BCUT2D eigenvalue weighted by Crippen LogP contribution is 2.30. The molecular formula is C14H21NO2. The van der Waals surface area contributed by atoms with E-state index in [0.29, 0.717) is 0 Å². The van der Waals surface area contributed by atoms with Crippen LogP contribution in [-0.4, -0.2) is 30.7 Å². The van der Waals surface area contributed by atoms with Gasteiger partial charge in [0.1, 0.15) is 5.75 Å². The van der Waals surface area contributed by atoms with Gasteiger partial charge in [-0.3, -0.25) is 0 Å². The van der Waals surface area contributed by atoms with Crippen LogP contribution in [0.15, 0.2) is 18.2 Å². The Kier molecular flexibility index (Phi) is 4.02. The summed E-state index contributed by atoms with van der Waals surface area (Å²) in [6.07, 6.45) is 2.75. The summed E-state index contributed by atoms with van der Waals surface area (Å²) in [5, 5.41) is 9.16. The van der Waals surface area contributed by atoms with Gasteiger partial charge in [0.15, 0.2) is 0 Å². The molecule has 1 N–H and O–H groups in total. The molecule has 1 fully saturated rings. The second-order valence-corrected chi connectivity index (χ2v) is 4.94. The van der Waals surface area contributed by atoms with Gasteiger partial charge < -0.3 is 14.7 Å². The normalized spacial score (nSPS) is 15.3. The molecule has 0 spiro atoms. The first-order valence-electron chi connectivity index (χ1n) is 6.18. The average Bonchev–Trinajstić information content (AvgIpc) is 3.12. The molecule has 0 amide bonds. The van der Waals surface area contributed by atoms with Gasteiger partial charge in [-0.15, -0.1) is 0 Å². The lowest BCUT2D eigenvalue weighted by atomic mass is 10.1. The zero-order valence-electron chi connectivity index (χ0n) is 10.6. The summed E-state index contributed by atoms with van der Waals surface area (Å²) in [5.74, 6) is 1.80. The van der Waals surface area contributed by atoms with E-state index < -0.39 is 0 Å². The van der Waals surface area contributed by atoms with Crippen molar-refractivity contribution >= 4 is 0 Å². The number of hydrogen-bond acceptors (Lipinski definition) is 3. The molecule has 2 rings (SSSR count). The van der Waals surface area contributed by atoms with Crippen molar-refractivity contribution in [1.29, 1.82) is 0 Å². The number of aliphatic hydroxyl groups is 1. The number of rotatable bonds is 6. The molecule has 1 aromatic rings. The van der Waals surface area contributed by atoms with Gasteiger partial charge in [0, 0.05) is 18.7 Å². The van der Waals surface area contributed by atoms with E-state index in [0.717, 1.165) is 35.9 Å². The van der Waals surface area contributed by atoms with Gasteiger partial charge in [0.05, 0.1) is 13.7 Å². The molecule has 94 valence electrons. The second kappa shape index (κ2) is 5.52. The average molecular weight is 235 g/mol. The molecular weight excluding hydrogens is 214 g/mol. The minimum Gasteiger partial charge on any atom is -0.496 e. The Morgan fingerprint density at radius 1 is 1.41 bits per heavy atom. The minimum atomic E-state index is 0.0866. The molecule has 17 heavy (non-hydrogen) atoms. The first-order chi connectivity index (χ1) is 8.22. The summed E-state index contributed by atoms with van der Waals surface area (Å²) in [7, 11) is 3.84. The summed E-state index contributed by atoms with van der Waals surface area (Å²) >= 11 is 0. The van der Waals surface area contributed by atoms with E-state index in [1.54, 1.807) is 7.11 Å². The number of nitrogens with zero attached hydrogens (tertiary/aromatic N) is 1. The quantitative estimate of drug-likeness (QED) is 0.819. The molecule has 3 heteroatoms. The van der Waals surface area contributed by atoms with Gasteiger partial charge in [0.25, 0.3) is 0 Å². The number of methoxy groups -OCH3 is 1. The summed E-state index contributed by atoms with van der Waals surface area (Å²) in [6.45, 7) is 2.13. The van der Waals surface area contributed by atoms with Gasteiger partial charge in [0.2, 0.25) is 0 Å². The molecule has 0 aliphatic heterocycles. The molecule has 1 aromatic carbocycles. The highest BCUT2D eigenvalue weighted by Gasteiger charge is 2.23. The van der Waals surface area contributed by atoms with Crippen LogP contribution in [0.4, 0.5) is 0 Å². The summed E-state index contributed by atoms with van der Waals surface area (Å²) in [5.41, 5.74) is 2.10. The zero-order valence-corrected chi connectivity index (χ0v) is 10.6. The lowest BCUT2D eigenvalue weighted by Gasteiger charge is -2.18. The van der Waals surface area contributed by atoms with Crippen LogP contribution in [0.1, 0.15) is 24.0 Å². The standard InChI is InChI=1S/C14H21NO2/c1-15(8-11-3-4-11)9-13-7-12(10-16)5-6-14(13)17-2/h5-7,11,16H,3-4,8-10H2,1-2H3. The van der Waals surface area contributed by atoms with Crippen LogP contribution in [0.2, 0.25) is 0 Å². The fourth-order valence-electron chi connectivity index (χ4n) is 2.15. The van der Waals surface area contributed by atoms with Crippen molar-refractivity contribution in [3.8, 4) is 5.75 Å². The Morgan fingerprint density at radius 2 is 2.18 bits per heavy atom. The maximum atomic E-state index is 9.16. The van der Waals surface area contributed by atoms with Crippen molar-refractivity contribution in [3.05, 3.63) is 29.3 Å². The predicted molar refractivity (Wildman–Crippen MR) is 68.0 cm³/mol. The van der Waals surface area contributed by atoms with Crippen LogP contribution in [0.5, 0.6) is 5.75 Å². The van der Waals surface area contributed by atoms with E-state index in [1.165, 1.54) is 12.8 Å². The van der Waals surface area contributed by atoms with Crippen molar-refractivity contribution in [3.63, 3.8) is 0 Å². The summed E-state index contributed by atoms with van der Waals surface area (Å²) < 4.78 is 5.36. The third-order valence-electron chi connectivity index (χ3n) is 3.23. The SMILES string of the molecule is COc1ccc(CO)cc1CN(C)CC1CC1. The first-order valence-corrected chi connectivity index (χ1v) is 6.18. The fraction of sp³-hybridized carbons (Fsp3) is 0.571. The Morgan fingerprint density at radius 3 is 2.76 bits per heavy atom. The molecule has 1 saturated carbocycles. The van der Waals surface area contributed by atoms with Crippen molar-refractivity contribution < 1.29 is 9.84 Å². The first kappa shape index (κ1) is 12.4. The van der Waals surface area contributed by atoms with Crippen LogP contribution in [-0.2, 0) is 13.2 Å². The predicted octanol–water partition coefficient (Wildman–Crippen LogP) is 2.03. The maximum absolute atomic E-state index is 9.16. The lowest BCUT2D eigenvalue weighted by Crippen LogP contribution is -2.20. The van der Waals surface area contributed by atoms with Crippen molar-refractivity contribution in [2.24, 2.45) is 5.92 Å². The fourth-order valence-corrected chi connectivity index (χ4v) is 2.15. The van der Waals surface area contributed by atoms with Crippen molar-refractivity contribution in [2.45, 2.75) is 26.0 Å². The molecule has 0 unspecified atom stereocenters. The number of hydrogen-bond donors (Lipinski definition) is 1. The van der Waals surface area contributed by atoms with Crippen LogP contribution < -0.4 is 4.74 Å². The number of aliphatic hydroxyl groups excluding tert-OH is 1. The summed E-state index contributed by atoms with van der Waals surface area (Å²) in [4.78, 5) is 2.33. The van der Waals surface area contributed by atoms with Gasteiger partial charge >= 0.3 is 0 Å².